The molecule has 1 amide bonds. The number of para-hydroxylation sites is 1. The lowest BCUT2D eigenvalue weighted by Crippen LogP contribution is -2.44. The Morgan fingerprint density at radius 1 is 1.06 bits per heavy atom. The van der Waals surface area contributed by atoms with Gasteiger partial charge in [0.15, 0.2) is 11.6 Å². The summed E-state index contributed by atoms with van der Waals surface area (Å²) in [5, 5.41) is 15.9. The van der Waals surface area contributed by atoms with Gasteiger partial charge < -0.3 is 30.4 Å². The molecule has 3 heterocycles. The van der Waals surface area contributed by atoms with Crippen molar-refractivity contribution in [2.45, 2.75) is 12.5 Å². The largest absolute Gasteiger partial charge is 0.391 e. The molecule has 3 aromatic rings. The number of likely N-dealkylation sites (N-methyl/N-ethyl adjacent to an activating group) is 1. The highest BCUT2D eigenvalue weighted by Crippen LogP contribution is 2.26. The van der Waals surface area contributed by atoms with E-state index in [2.05, 4.69) is 43.5 Å². The summed E-state index contributed by atoms with van der Waals surface area (Å²) < 4.78 is 14.7. The van der Waals surface area contributed by atoms with Gasteiger partial charge in [-0.05, 0) is 43.8 Å². The van der Waals surface area contributed by atoms with Gasteiger partial charge in [0.1, 0.15) is 0 Å². The van der Waals surface area contributed by atoms with E-state index in [0.717, 1.165) is 43.8 Å². The summed E-state index contributed by atoms with van der Waals surface area (Å²) in [7, 11) is 2.12. The third-order valence-electron chi connectivity index (χ3n) is 6.58. The highest BCUT2D eigenvalue weighted by atomic mass is 19.1. The summed E-state index contributed by atoms with van der Waals surface area (Å²) >= 11 is 0. The van der Waals surface area contributed by atoms with Crippen LogP contribution in [-0.4, -0.2) is 83.2 Å². The predicted octanol–water partition coefficient (Wildman–Crippen LogP) is 3.06. The predicted molar refractivity (Wildman–Crippen MR) is 138 cm³/mol. The van der Waals surface area contributed by atoms with Crippen LogP contribution >= 0.6 is 0 Å². The zero-order valence-corrected chi connectivity index (χ0v) is 20.2. The lowest BCUT2D eigenvalue weighted by atomic mass is 10.1. The van der Waals surface area contributed by atoms with Crippen LogP contribution in [0.3, 0.4) is 0 Å². The van der Waals surface area contributed by atoms with E-state index >= 15 is 0 Å². The molecular formula is C26H30FN7O2. The minimum atomic E-state index is -0.634. The van der Waals surface area contributed by atoms with E-state index in [1.54, 1.807) is 29.2 Å². The van der Waals surface area contributed by atoms with Crippen LogP contribution in [0.2, 0.25) is 0 Å². The van der Waals surface area contributed by atoms with E-state index in [0.29, 0.717) is 24.2 Å². The first kappa shape index (κ1) is 24.0. The number of aliphatic hydroxyl groups is 1. The number of amides is 1. The number of β-amino-alcohol motifs (C(OH)–C–C–N with tert-alkyl or cyclic N) is 1. The summed E-state index contributed by atoms with van der Waals surface area (Å²) in [6.07, 6.45) is 1.13. The zero-order valence-electron chi connectivity index (χ0n) is 20.2. The monoisotopic (exact) mass is 491 g/mol. The molecule has 36 heavy (non-hydrogen) atoms. The molecule has 9 nitrogen and oxygen atoms in total. The van der Waals surface area contributed by atoms with Gasteiger partial charge in [0.05, 0.1) is 23.6 Å². The lowest BCUT2D eigenvalue weighted by molar-refractivity contribution is 0.0766. The quantitative estimate of drug-likeness (QED) is 0.484. The summed E-state index contributed by atoms with van der Waals surface area (Å²) in [4.78, 5) is 27.7. The van der Waals surface area contributed by atoms with Crippen molar-refractivity contribution >= 4 is 34.7 Å². The Morgan fingerprint density at radius 2 is 1.86 bits per heavy atom. The third-order valence-corrected chi connectivity index (χ3v) is 6.58. The summed E-state index contributed by atoms with van der Waals surface area (Å²) in [5.74, 6) is -0.654. The van der Waals surface area contributed by atoms with E-state index in [9.17, 15) is 14.3 Å². The number of benzene rings is 2. The zero-order chi connectivity index (χ0) is 25.1. The number of aliphatic hydroxyl groups excluding tert-OH is 1. The number of aromatic nitrogens is 2. The van der Waals surface area contributed by atoms with Crippen LogP contribution in [0.15, 0.2) is 54.7 Å². The molecule has 0 bridgehead atoms. The van der Waals surface area contributed by atoms with Crippen molar-refractivity contribution in [2.75, 3.05) is 61.8 Å². The van der Waals surface area contributed by atoms with E-state index in [-0.39, 0.29) is 24.2 Å². The second-order valence-electron chi connectivity index (χ2n) is 9.22. The van der Waals surface area contributed by atoms with Gasteiger partial charge in [0.2, 0.25) is 5.95 Å². The molecule has 1 atom stereocenters. The highest BCUT2D eigenvalue weighted by Gasteiger charge is 2.27. The molecule has 0 spiro atoms. The third kappa shape index (κ3) is 5.39. The Balaban J connectivity index is 1.33. The van der Waals surface area contributed by atoms with E-state index < -0.39 is 11.9 Å². The number of anilines is 5. The van der Waals surface area contributed by atoms with Crippen LogP contribution in [0.25, 0.3) is 0 Å². The van der Waals surface area contributed by atoms with Crippen molar-refractivity contribution in [2.24, 2.45) is 0 Å². The van der Waals surface area contributed by atoms with Gasteiger partial charge in [-0.25, -0.2) is 9.37 Å². The molecule has 2 aromatic carbocycles. The molecule has 2 aliphatic rings. The van der Waals surface area contributed by atoms with Gasteiger partial charge in [-0.1, -0.05) is 18.2 Å². The fraction of sp³-hybridized carbons (Fsp3) is 0.346. The molecule has 5 rings (SSSR count). The Labute approximate surface area is 209 Å². The summed E-state index contributed by atoms with van der Waals surface area (Å²) in [6.45, 7) is 4.70. The maximum absolute atomic E-state index is 14.7. The van der Waals surface area contributed by atoms with Crippen LogP contribution < -0.4 is 15.5 Å². The first-order valence-electron chi connectivity index (χ1n) is 12.1. The van der Waals surface area contributed by atoms with Gasteiger partial charge >= 0.3 is 0 Å². The Hall–Kier alpha value is -3.76. The number of halogens is 1. The average Bonchev–Trinajstić information content (AvgIpc) is 3.33. The lowest BCUT2D eigenvalue weighted by Gasteiger charge is -2.34. The molecule has 0 radical (unpaired) electrons. The fourth-order valence-corrected chi connectivity index (χ4v) is 4.49. The summed E-state index contributed by atoms with van der Waals surface area (Å²) in [5.41, 5.74) is 2.73. The van der Waals surface area contributed by atoms with Crippen molar-refractivity contribution in [3.05, 3.63) is 66.1 Å². The second kappa shape index (κ2) is 10.5. The molecular weight excluding hydrogens is 461 g/mol. The molecule has 3 N–H and O–H groups in total. The van der Waals surface area contributed by atoms with Gasteiger partial charge in [0.25, 0.3) is 5.91 Å². The topological polar surface area (TPSA) is 96.9 Å². The first-order valence-corrected chi connectivity index (χ1v) is 12.1. The molecule has 0 saturated carbocycles. The number of nitrogens with zero attached hydrogens (tertiary/aromatic N) is 5. The number of rotatable bonds is 6. The molecule has 2 saturated heterocycles. The maximum atomic E-state index is 14.7. The SMILES string of the molecule is CN1CCN(c2cccc(Nc3ncc(F)c(Nc4ccccc4C(=O)N4CCC(O)C4)n3)c2)CC1. The smallest absolute Gasteiger partial charge is 0.256 e. The van der Waals surface area contributed by atoms with Gasteiger partial charge in [-0.15, -0.1) is 0 Å². The van der Waals surface area contributed by atoms with Crippen molar-refractivity contribution < 1.29 is 14.3 Å². The average molecular weight is 492 g/mol. The van der Waals surface area contributed by atoms with Crippen LogP contribution in [0, 0.1) is 5.82 Å². The molecule has 10 heteroatoms. The van der Waals surface area contributed by atoms with Crippen LogP contribution in [-0.2, 0) is 0 Å². The first-order chi connectivity index (χ1) is 17.5. The number of likely N-dealkylation sites (tertiary alicyclic amines) is 1. The molecule has 2 aliphatic heterocycles. The minimum absolute atomic E-state index is 0.0376. The molecule has 2 fully saturated rings. The van der Waals surface area contributed by atoms with E-state index in [1.165, 1.54) is 0 Å². The maximum Gasteiger partial charge on any atom is 0.256 e. The van der Waals surface area contributed by atoms with Gasteiger partial charge in [-0.2, -0.15) is 4.98 Å². The van der Waals surface area contributed by atoms with Crippen LogP contribution in [0.1, 0.15) is 16.8 Å². The minimum Gasteiger partial charge on any atom is -0.391 e. The van der Waals surface area contributed by atoms with Crippen molar-refractivity contribution in [3.8, 4) is 0 Å². The fourth-order valence-electron chi connectivity index (χ4n) is 4.49. The standard InChI is InChI=1S/C26H30FN7O2/c1-32-11-13-33(14-12-32)19-6-4-5-18(15-19)29-26-28-16-22(27)24(31-26)30-23-8-3-2-7-21(23)25(36)34-10-9-20(35)17-34/h2-8,15-16,20,35H,9-14,17H2,1H3,(H2,28,29,30,31). The number of nitrogens with one attached hydrogen (secondary N) is 2. The number of hydrogen-bond acceptors (Lipinski definition) is 8. The number of hydrogen-bond donors (Lipinski definition) is 3. The molecule has 188 valence electrons. The molecule has 0 aliphatic carbocycles. The number of piperazine rings is 1. The van der Waals surface area contributed by atoms with Gasteiger partial charge in [-0.3, -0.25) is 4.79 Å². The highest BCUT2D eigenvalue weighted by molar-refractivity contribution is 6.00. The van der Waals surface area contributed by atoms with Crippen molar-refractivity contribution in [1.29, 1.82) is 0 Å². The van der Waals surface area contributed by atoms with Crippen LogP contribution in [0.4, 0.5) is 33.2 Å². The normalized spacial score (nSPS) is 18.4. The van der Waals surface area contributed by atoms with E-state index in [4.69, 9.17) is 0 Å². The Bertz CT molecular complexity index is 1230. The Kier molecular flexibility index (Phi) is 6.97. The number of carbonyl (C=O) groups excluding carboxylic acids is 1. The van der Waals surface area contributed by atoms with Gasteiger partial charge in [0, 0.05) is 50.6 Å². The van der Waals surface area contributed by atoms with Crippen molar-refractivity contribution in [3.63, 3.8) is 0 Å². The molecule has 1 aromatic heterocycles. The van der Waals surface area contributed by atoms with Crippen molar-refractivity contribution in [1.82, 2.24) is 19.8 Å². The second-order valence-corrected chi connectivity index (χ2v) is 9.22. The molecule has 1 unspecified atom stereocenters. The summed E-state index contributed by atoms with van der Waals surface area (Å²) in [6, 6.07) is 14.9. The van der Waals surface area contributed by atoms with E-state index in [1.807, 2.05) is 18.2 Å². The number of carbonyl (C=O) groups is 1. The van der Waals surface area contributed by atoms with Crippen LogP contribution in [0.5, 0.6) is 0 Å². The Morgan fingerprint density at radius 3 is 2.64 bits per heavy atom.